The molecule has 0 bridgehead atoms. The minimum absolute atomic E-state index is 0.654. The van der Waals surface area contributed by atoms with E-state index in [1.807, 2.05) is 24.3 Å². The fourth-order valence-corrected chi connectivity index (χ4v) is 1.68. The topological polar surface area (TPSA) is 9.23 Å². The first-order chi connectivity index (χ1) is 6.42. The zero-order valence-corrected chi connectivity index (χ0v) is 8.98. The fraction of sp³-hybridized carbons (Fsp3) is 0.0909. The third-order valence-electron chi connectivity index (χ3n) is 1.97. The van der Waals surface area contributed by atoms with Crippen LogP contribution in [0.15, 0.2) is 42.5 Å². The first-order valence-corrected chi connectivity index (χ1v) is 5.46. The van der Waals surface area contributed by atoms with Gasteiger partial charge in [0.15, 0.2) is 0 Å². The number of fused-ring (bicyclic) bond motifs is 1. The second-order valence-corrected chi connectivity index (χ2v) is 3.29. The Morgan fingerprint density at radius 1 is 1.00 bits per heavy atom. The molecule has 1 nitrogen and oxygen atoms in total. The van der Waals surface area contributed by atoms with E-state index in [0.29, 0.717) is 5.51 Å². The summed E-state index contributed by atoms with van der Waals surface area (Å²) in [6.07, 6.45) is 0. The Morgan fingerprint density at radius 3 is 2.62 bits per heavy atom. The summed E-state index contributed by atoms with van der Waals surface area (Å²) in [4.78, 5) is 0. The molecule has 0 aliphatic carbocycles. The summed E-state index contributed by atoms with van der Waals surface area (Å²) in [6.45, 7) is 0. The molecule has 0 saturated carbocycles. The Hall–Kier alpha value is -0.981. The van der Waals surface area contributed by atoms with Crippen LogP contribution in [0.5, 0.6) is 5.75 Å². The molecule has 2 heteroatoms. The molecule has 0 N–H and O–H groups in total. The molecule has 2 aromatic rings. The maximum atomic E-state index is 5.49. The number of hydrogen-bond donors (Lipinski definition) is 0. The van der Waals surface area contributed by atoms with Gasteiger partial charge in [-0.1, -0.05) is 0 Å². The van der Waals surface area contributed by atoms with Crippen LogP contribution in [0.3, 0.4) is 0 Å². The average molecular weight is 237 g/mol. The van der Waals surface area contributed by atoms with E-state index in [2.05, 4.69) is 34.2 Å². The molecule has 13 heavy (non-hydrogen) atoms. The second-order valence-electron chi connectivity index (χ2n) is 2.75. The van der Waals surface area contributed by atoms with Crippen LogP contribution in [0, 0.1) is 0 Å². The molecule has 0 spiro atoms. The molecule has 0 atom stereocenters. The van der Waals surface area contributed by atoms with E-state index in [4.69, 9.17) is 4.74 Å². The van der Waals surface area contributed by atoms with Gasteiger partial charge in [0.1, 0.15) is 0 Å². The van der Waals surface area contributed by atoms with Crippen molar-refractivity contribution in [1.82, 2.24) is 0 Å². The van der Waals surface area contributed by atoms with Crippen molar-refractivity contribution in [3.05, 3.63) is 42.5 Å². The van der Waals surface area contributed by atoms with Crippen LogP contribution in [0.1, 0.15) is 0 Å². The summed E-state index contributed by atoms with van der Waals surface area (Å²) in [5.74, 6) is 0.957. The van der Waals surface area contributed by atoms with Gasteiger partial charge in [0.2, 0.25) is 0 Å². The summed E-state index contributed by atoms with van der Waals surface area (Å²) in [6, 6.07) is 14.3. The Balaban J connectivity index is 2.61. The molecule has 0 heterocycles. The van der Waals surface area contributed by atoms with Crippen molar-refractivity contribution in [3.63, 3.8) is 0 Å². The molecule has 0 aliphatic rings. The predicted octanol–water partition coefficient (Wildman–Crippen LogP) is 2.08. The number of ether oxygens (including phenoxy) is 1. The van der Waals surface area contributed by atoms with Crippen LogP contribution in [-0.2, 0) is 0 Å². The van der Waals surface area contributed by atoms with Gasteiger partial charge in [-0.05, 0) is 0 Å². The van der Waals surface area contributed by atoms with Gasteiger partial charge in [0.05, 0.1) is 0 Å². The van der Waals surface area contributed by atoms with Crippen molar-refractivity contribution in [2.24, 2.45) is 0 Å². The van der Waals surface area contributed by atoms with E-state index in [9.17, 15) is 0 Å². The van der Waals surface area contributed by atoms with Gasteiger partial charge < -0.3 is 0 Å². The summed E-state index contributed by atoms with van der Waals surface area (Å²) in [5.41, 5.74) is 0.654. The Labute approximate surface area is 85.5 Å². The molecule has 0 unspecified atom stereocenters. The van der Waals surface area contributed by atoms with Gasteiger partial charge in [-0.15, -0.1) is 0 Å². The third-order valence-corrected chi connectivity index (χ3v) is 2.24. The molecule has 0 radical (unpaired) electrons. The molecular formula is C11H10OSe. The van der Waals surface area contributed by atoms with Gasteiger partial charge in [0, 0.05) is 0 Å². The first kappa shape index (κ1) is 8.61. The van der Waals surface area contributed by atoms with E-state index in [-0.39, 0.29) is 0 Å². The van der Waals surface area contributed by atoms with E-state index in [1.54, 1.807) is 0 Å². The van der Waals surface area contributed by atoms with Crippen LogP contribution in [-0.4, -0.2) is 21.5 Å². The molecule has 0 fully saturated rings. The Bertz CT molecular complexity index is 406. The first-order valence-electron chi connectivity index (χ1n) is 4.13. The molecule has 2 aromatic carbocycles. The molecule has 0 aromatic heterocycles. The van der Waals surface area contributed by atoms with Gasteiger partial charge in [0.25, 0.3) is 0 Å². The normalized spacial score (nSPS) is 10.2. The van der Waals surface area contributed by atoms with Crippen LogP contribution < -0.4 is 4.74 Å². The van der Waals surface area contributed by atoms with Crippen molar-refractivity contribution < 1.29 is 4.74 Å². The van der Waals surface area contributed by atoms with Crippen molar-refractivity contribution in [1.29, 1.82) is 0 Å². The zero-order chi connectivity index (χ0) is 9.10. The number of hydrogen-bond acceptors (Lipinski definition) is 1. The summed E-state index contributed by atoms with van der Waals surface area (Å²) < 4.78 is 5.49. The summed E-state index contributed by atoms with van der Waals surface area (Å²) in [5, 5.41) is 2.40. The van der Waals surface area contributed by atoms with E-state index < -0.39 is 0 Å². The fourth-order valence-electron chi connectivity index (χ4n) is 1.39. The Morgan fingerprint density at radius 2 is 1.77 bits per heavy atom. The van der Waals surface area contributed by atoms with Gasteiger partial charge in [-0.25, -0.2) is 0 Å². The van der Waals surface area contributed by atoms with E-state index in [0.717, 1.165) is 5.75 Å². The average Bonchev–Trinajstić information content (AvgIpc) is 2.19. The van der Waals surface area contributed by atoms with Crippen molar-refractivity contribution in [2.45, 2.75) is 0 Å². The molecule has 66 valence electrons. The molecule has 0 amide bonds. The standard InChI is InChI=1S/C11H10OSe/c13-8-12-11-7-3-5-9-4-1-2-6-10(9)11/h1-7,13H,8H2. The number of benzene rings is 2. The SMILES string of the molecule is [SeH]COc1cccc2ccccc12. The van der Waals surface area contributed by atoms with Crippen molar-refractivity contribution in [2.75, 3.05) is 5.51 Å². The van der Waals surface area contributed by atoms with Crippen LogP contribution >= 0.6 is 0 Å². The van der Waals surface area contributed by atoms with E-state index in [1.165, 1.54) is 10.8 Å². The molecule has 2 rings (SSSR count). The molecule has 0 saturated heterocycles. The molecular weight excluding hydrogens is 227 g/mol. The zero-order valence-electron chi connectivity index (χ0n) is 7.10. The summed E-state index contributed by atoms with van der Waals surface area (Å²) in [7, 11) is 0. The second kappa shape index (κ2) is 3.82. The van der Waals surface area contributed by atoms with Gasteiger partial charge in [-0.3, -0.25) is 0 Å². The van der Waals surface area contributed by atoms with Gasteiger partial charge >= 0.3 is 85.2 Å². The van der Waals surface area contributed by atoms with E-state index >= 15 is 0 Å². The van der Waals surface area contributed by atoms with Crippen LogP contribution in [0.4, 0.5) is 0 Å². The quantitative estimate of drug-likeness (QED) is 0.726. The predicted molar refractivity (Wildman–Crippen MR) is 56.6 cm³/mol. The summed E-state index contributed by atoms with van der Waals surface area (Å²) >= 11 is 2.42. The maximum absolute atomic E-state index is 5.49. The molecule has 0 aliphatic heterocycles. The van der Waals surface area contributed by atoms with Crippen LogP contribution in [0.2, 0.25) is 0 Å². The van der Waals surface area contributed by atoms with Gasteiger partial charge in [-0.2, -0.15) is 0 Å². The van der Waals surface area contributed by atoms with Crippen molar-refractivity contribution in [3.8, 4) is 5.75 Å². The monoisotopic (exact) mass is 238 g/mol. The third kappa shape index (κ3) is 1.69. The minimum atomic E-state index is 0.654. The number of rotatable bonds is 2. The Kier molecular flexibility index (Phi) is 2.53. The van der Waals surface area contributed by atoms with Crippen molar-refractivity contribution >= 4 is 26.8 Å². The van der Waals surface area contributed by atoms with Crippen LogP contribution in [0.25, 0.3) is 10.8 Å².